The van der Waals surface area contributed by atoms with Gasteiger partial charge in [-0.1, -0.05) is 0 Å². The molecule has 2 heterocycles. The largest absolute Gasteiger partial charge is 0.465 e. The molecule has 0 spiro atoms. The third kappa shape index (κ3) is 2.85. The van der Waals surface area contributed by atoms with Crippen LogP contribution < -0.4 is 5.32 Å². The molecule has 2 aromatic rings. The average Bonchev–Trinajstić information content (AvgIpc) is 2.88. The van der Waals surface area contributed by atoms with Crippen LogP contribution in [0.3, 0.4) is 0 Å². The molecule has 7 nitrogen and oxygen atoms in total. The lowest BCUT2D eigenvalue weighted by molar-refractivity contribution is 0.209. The first kappa shape index (κ1) is 11.2. The Morgan fingerprint density at radius 1 is 1.47 bits per heavy atom. The highest BCUT2D eigenvalue weighted by Gasteiger charge is 2.05. The van der Waals surface area contributed by atoms with Crippen LogP contribution in [0.2, 0.25) is 0 Å². The lowest BCUT2D eigenvalue weighted by Crippen LogP contribution is -2.06. The molecule has 0 atom stereocenters. The van der Waals surface area contributed by atoms with Gasteiger partial charge in [0, 0.05) is 6.20 Å². The van der Waals surface area contributed by atoms with E-state index in [1.54, 1.807) is 18.3 Å². The molecule has 17 heavy (non-hydrogen) atoms. The van der Waals surface area contributed by atoms with Crippen LogP contribution in [-0.4, -0.2) is 26.1 Å². The number of carbonyl (C=O) groups is 1. The summed E-state index contributed by atoms with van der Waals surface area (Å²) in [6, 6.07) is 3.41. The maximum absolute atomic E-state index is 10.4. The highest BCUT2D eigenvalue weighted by molar-refractivity contribution is 5.82. The normalized spacial score (nSPS) is 10.4. The minimum absolute atomic E-state index is 0.148. The summed E-state index contributed by atoms with van der Waals surface area (Å²) < 4.78 is 6.81. The quantitative estimate of drug-likeness (QED) is 0.739. The highest BCUT2D eigenvalue weighted by atomic mass is 16.4. The molecule has 0 aliphatic rings. The van der Waals surface area contributed by atoms with Crippen molar-refractivity contribution in [2.24, 2.45) is 0 Å². The first-order valence-electron chi connectivity index (χ1n) is 4.88. The molecule has 1 amide bonds. The topological polar surface area (TPSA) is 101 Å². The van der Waals surface area contributed by atoms with Gasteiger partial charge in [-0.2, -0.15) is 5.10 Å². The van der Waals surface area contributed by atoms with Crippen LogP contribution in [0.5, 0.6) is 0 Å². The molecule has 90 valence electrons. The first-order valence-corrected chi connectivity index (χ1v) is 4.88. The van der Waals surface area contributed by atoms with Crippen LogP contribution in [0, 0.1) is 0 Å². The summed E-state index contributed by atoms with van der Waals surface area (Å²) in [6.07, 6.45) is 1.82. The van der Waals surface area contributed by atoms with Gasteiger partial charge in [-0.3, -0.25) is 10.00 Å². The highest BCUT2D eigenvalue weighted by Crippen LogP contribution is 2.11. The number of nitrogens with zero attached hydrogens (tertiary/aromatic N) is 2. The van der Waals surface area contributed by atoms with Crippen molar-refractivity contribution in [2.75, 3.05) is 5.32 Å². The van der Waals surface area contributed by atoms with Gasteiger partial charge in [0.25, 0.3) is 0 Å². The molecule has 7 heteroatoms. The van der Waals surface area contributed by atoms with Crippen molar-refractivity contribution in [1.82, 2.24) is 9.78 Å². The number of aliphatic hydroxyl groups is 1. The average molecular weight is 237 g/mol. The molecule has 0 bridgehead atoms. The van der Waals surface area contributed by atoms with E-state index in [1.807, 2.05) is 0 Å². The summed E-state index contributed by atoms with van der Waals surface area (Å²) in [5.74, 6) is 1.12. The van der Waals surface area contributed by atoms with Gasteiger partial charge < -0.3 is 14.6 Å². The van der Waals surface area contributed by atoms with Gasteiger partial charge in [-0.05, 0) is 12.1 Å². The smallest absolute Gasteiger partial charge is 0.409 e. The number of nitrogens with one attached hydrogen (secondary N) is 1. The number of hydrogen-bond donors (Lipinski definition) is 3. The maximum atomic E-state index is 10.4. The Morgan fingerprint density at radius 3 is 2.88 bits per heavy atom. The van der Waals surface area contributed by atoms with Crippen LogP contribution >= 0.6 is 0 Å². The molecule has 0 aliphatic carbocycles. The van der Waals surface area contributed by atoms with Crippen molar-refractivity contribution in [3.05, 3.63) is 36.0 Å². The fraction of sp³-hybridized carbons (Fsp3) is 0.200. The zero-order valence-corrected chi connectivity index (χ0v) is 8.83. The summed E-state index contributed by atoms with van der Waals surface area (Å²) in [5.41, 5.74) is 0.395. The van der Waals surface area contributed by atoms with E-state index in [4.69, 9.17) is 14.6 Å². The number of hydrogen-bond acceptors (Lipinski definition) is 4. The second-order valence-electron chi connectivity index (χ2n) is 3.38. The number of rotatable bonds is 4. The van der Waals surface area contributed by atoms with Gasteiger partial charge in [0.15, 0.2) is 0 Å². The Balaban J connectivity index is 2.03. The Hall–Kier alpha value is -2.28. The van der Waals surface area contributed by atoms with Gasteiger partial charge in [0.1, 0.15) is 18.1 Å². The van der Waals surface area contributed by atoms with E-state index >= 15 is 0 Å². The second-order valence-corrected chi connectivity index (χ2v) is 3.38. The van der Waals surface area contributed by atoms with Gasteiger partial charge in [0.05, 0.1) is 18.4 Å². The fourth-order valence-electron chi connectivity index (χ4n) is 1.39. The molecular weight excluding hydrogens is 226 g/mol. The van der Waals surface area contributed by atoms with Crippen molar-refractivity contribution >= 4 is 11.8 Å². The predicted octanol–water partition coefficient (Wildman–Crippen LogP) is 1.11. The van der Waals surface area contributed by atoms with E-state index in [9.17, 15) is 4.79 Å². The number of aromatic nitrogens is 2. The van der Waals surface area contributed by atoms with Crippen LogP contribution in [0.15, 0.2) is 28.9 Å². The maximum Gasteiger partial charge on any atom is 0.409 e. The van der Waals surface area contributed by atoms with Gasteiger partial charge >= 0.3 is 6.09 Å². The number of anilines is 1. The third-order valence-corrected chi connectivity index (χ3v) is 2.08. The first-order chi connectivity index (χ1) is 8.17. The molecular formula is C10H11N3O4. The molecule has 0 unspecified atom stereocenters. The summed E-state index contributed by atoms with van der Waals surface area (Å²) >= 11 is 0. The van der Waals surface area contributed by atoms with Crippen molar-refractivity contribution < 1.29 is 19.4 Å². The molecule has 0 saturated heterocycles. The zero-order chi connectivity index (χ0) is 12.3. The van der Waals surface area contributed by atoms with E-state index in [2.05, 4.69) is 10.4 Å². The minimum Gasteiger partial charge on any atom is -0.465 e. The van der Waals surface area contributed by atoms with Crippen LogP contribution in [-0.2, 0) is 13.2 Å². The SMILES string of the molecule is O=C(O)Nc1cnn(Cc2ccc(CO)o2)c1. The molecule has 0 aromatic carbocycles. The van der Waals surface area contributed by atoms with E-state index < -0.39 is 6.09 Å². The van der Waals surface area contributed by atoms with Gasteiger partial charge in [-0.15, -0.1) is 0 Å². The Morgan fingerprint density at radius 2 is 2.24 bits per heavy atom. The summed E-state index contributed by atoms with van der Waals surface area (Å²) in [4.78, 5) is 10.4. The number of furan rings is 1. The lowest BCUT2D eigenvalue weighted by Gasteiger charge is -1.97. The molecule has 0 saturated carbocycles. The predicted molar refractivity (Wildman–Crippen MR) is 57.6 cm³/mol. The van der Waals surface area contributed by atoms with Crippen molar-refractivity contribution in [3.63, 3.8) is 0 Å². The number of amides is 1. The molecule has 2 aromatic heterocycles. The van der Waals surface area contributed by atoms with Crippen molar-refractivity contribution in [3.8, 4) is 0 Å². The zero-order valence-electron chi connectivity index (χ0n) is 8.83. The van der Waals surface area contributed by atoms with E-state index in [-0.39, 0.29) is 6.61 Å². The van der Waals surface area contributed by atoms with Gasteiger partial charge in [-0.25, -0.2) is 4.79 Å². The number of carboxylic acid groups (broad SMARTS) is 1. The summed E-state index contributed by atoms with van der Waals surface area (Å²) in [7, 11) is 0. The second kappa shape index (κ2) is 4.71. The Labute approximate surface area is 96.3 Å². The summed E-state index contributed by atoms with van der Waals surface area (Å²) in [5, 5.41) is 23.5. The molecule has 2 rings (SSSR count). The standard InChI is InChI=1S/C10H11N3O4/c14-6-9-2-1-8(17-9)5-13-4-7(3-11-13)12-10(15)16/h1-4,12,14H,5-6H2,(H,15,16). The minimum atomic E-state index is -1.13. The van der Waals surface area contributed by atoms with Crippen molar-refractivity contribution in [1.29, 1.82) is 0 Å². The molecule has 3 N–H and O–H groups in total. The van der Waals surface area contributed by atoms with Crippen LogP contribution in [0.4, 0.5) is 10.5 Å². The third-order valence-electron chi connectivity index (χ3n) is 2.08. The van der Waals surface area contributed by atoms with Crippen LogP contribution in [0.1, 0.15) is 11.5 Å². The van der Waals surface area contributed by atoms with Crippen molar-refractivity contribution in [2.45, 2.75) is 13.2 Å². The summed E-state index contributed by atoms with van der Waals surface area (Å²) in [6.45, 7) is 0.228. The Kier molecular flexibility index (Phi) is 3.10. The number of aliphatic hydroxyl groups excluding tert-OH is 1. The van der Waals surface area contributed by atoms with Crippen LogP contribution in [0.25, 0.3) is 0 Å². The lowest BCUT2D eigenvalue weighted by atomic mass is 10.4. The van der Waals surface area contributed by atoms with E-state index in [1.165, 1.54) is 10.9 Å². The van der Waals surface area contributed by atoms with E-state index in [0.29, 0.717) is 23.8 Å². The molecule has 0 radical (unpaired) electrons. The molecule has 0 aliphatic heterocycles. The molecule has 0 fully saturated rings. The van der Waals surface area contributed by atoms with Gasteiger partial charge in [0.2, 0.25) is 0 Å². The fourth-order valence-corrected chi connectivity index (χ4v) is 1.39. The monoisotopic (exact) mass is 237 g/mol. The van der Waals surface area contributed by atoms with E-state index in [0.717, 1.165) is 0 Å². The Bertz CT molecular complexity index is 517.